The first-order valence-electron chi connectivity index (χ1n) is 7.21. The van der Waals surface area contributed by atoms with Gasteiger partial charge in [0, 0.05) is 19.1 Å². The van der Waals surface area contributed by atoms with Crippen LogP contribution in [0.4, 0.5) is 4.79 Å². The lowest BCUT2D eigenvalue weighted by Crippen LogP contribution is -2.32. The maximum atomic E-state index is 11.7. The second kappa shape index (κ2) is 6.27. The Morgan fingerprint density at radius 3 is 2.35 bits per heavy atom. The molecule has 2 N–H and O–H groups in total. The quantitative estimate of drug-likeness (QED) is 0.869. The summed E-state index contributed by atoms with van der Waals surface area (Å²) in [5.74, 6) is 0. The standard InChI is InChI=1S/C16H24N2O2/c1-16(2,3)20-15(19)18-11-13-7-5-4-6-12(13)10-17-14-8-9-14/h4-7,14,17H,8-11H2,1-3H3,(H,18,19). The Balaban J connectivity index is 1.86. The third-order valence-electron chi connectivity index (χ3n) is 3.10. The van der Waals surface area contributed by atoms with E-state index in [1.54, 1.807) is 0 Å². The predicted molar refractivity (Wildman–Crippen MR) is 79.4 cm³/mol. The van der Waals surface area contributed by atoms with E-state index in [1.807, 2.05) is 39.0 Å². The zero-order chi connectivity index (χ0) is 14.6. The van der Waals surface area contributed by atoms with Crippen LogP contribution in [0.1, 0.15) is 44.7 Å². The van der Waals surface area contributed by atoms with E-state index in [-0.39, 0.29) is 6.09 Å². The Bertz CT molecular complexity index is 462. The van der Waals surface area contributed by atoms with Crippen molar-refractivity contribution in [1.82, 2.24) is 10.6 Å². The van der Waals surface area contributed by atoms with Crippen LogP contribution in [-0.4, -0.2) is 17.7 Å². The van der Waals surface area contributed by atoms with Gasteiger partial charge in [0.1, 0.15) is 5.60 Å². The SMILES string of the molecule is CC(C)(C)OC(=O)NCc1ccccc1CNC1CC1. The molecule has 2 rings (SSSR count). The van der Waals surface area contributed by atoms with Gasteiger partial charge < -0.3 is 15.4 Å². The van der Waals surface area contributed by atoms with Crippen LogP contribution in [0.2, 0.25) is 0 Å². The Morgan fingerprint density at radius 2 is 1.80 bits per heavy atom. The normalized spacial score (nSPS) is 14.9. The average Bonchev–Trinajstić information content (AvgIpc) is 3.17. The Labute approximate surface area is 120 Å². The van der Waals surface area contributed by atoms with Gasteiger partial charge in [-0.3, -0.25) is 0 Å². The zero-order valence-corrected chi connectivity index (χ0v) is 12.5. The van der Waals surface area contributed by atoms with Gasteiger partial charge in [0.15, 0.2) is 0 Å². The first-order chi connectivity index (χ1) is 9.44. The number of alkyl carbamates (subject to hydrolysis) is 1. The number of carbonyl (C=O) groups is 1. The number of nitrogens with one attached hydrogen (secondary N) is 2. The molecule has 1 aliphatic rings. The van der Waals surface area contributed by atoms with Crippen molar-refractivity contribution in [2.24, 2.45) is 0 Å². The molecule has 1 aromatic rings. The number of carbonyl (C=O) groups excluding carboxylic acids is 1. The maximum absolute atomic E-state index is 11.7. The molecule has 0 atom stereocenters. The van der Waals surface area contributed by atoms with Crippen molar-refractivity contribution in [3.63, 3.8) is 0 Å². The molecule has 110 valence electrons. The van der Waals surface area contributed by atoms with Gasteiger partial charge in [0.25, 0.3) is 0 Å². The van der Waals surface area contributed by atoms with Crippen molar-refractivity contribution in [3.8, 4) is 0 Å². The lowest BCUT2D eigenvalue weighted by atomic mass is 10.1. The van der Waals surface area contributed by atoms with Crippen molar-refractivity contribution in [1.29, 1.82) is 0 Å². The highest BCUT2D eigenvalue weighted by atomic mass is 16.6. The first-order valence-corrected chi connectivity index (χ1v) is 7.21. The van der Waals surface area contributed by atoms with Gasteiger partial charge in [-0.15, -0.1) is 0 Å². The van der Waals surface area contributed by atoms with E-state index in [0.717, 1.165) is 12.1 Å². The molecular formula is C16H24N2O2. The molecule has 20 heavy (non-hydrogen) atoms. The van der Waals surface area contributed by atoms with Crippen LogP contribution in [0.3, 0.4) is 0 Å². The summed E-state index contributed by atoms with van der Waals surface area (Å²) in [5.41, 5.74) is 1.90. The lowest BCUT2D eigenvalue weighted by Gasteiger charge is -2.20. The molecule has 4 nitrogen and oxygen atoms in total. The molecule has 0 spiro atoms. The van der Waals surface area contributed by atoms with Gasteiger partial charge in [-0.05, 0) is 44.7 Å². The summed E-state index contributed by atoms with van der Waals surface area (Å²) >= 11 is 0. The van der Waals surface area contributed by atoms with Gasteiger partial charge in [0.2, 0.25) is 0 Å². The minimum Gasteiger partial charge on any atom is -0.444 e. The zero-order valence-electron chi connectivity index (χ0n) is 12.5. The van der Waals surface area contributed by atoms with E-state index in [4.69, 9.17) is 4.74 Å². The lowest BCUT2D eigenvalue weighted by molar-refractivity contribution is 0.0523. The van der Waals surface area contributed by atoms with Gasteiger partial charge in [-0.1, -0.05) is 24.3 Å². The van der Waals surface area contributed by atoms with Gasteiger partial charge in [0.05, 0.1) is 0 Å². The van der Waals surface area contributed by atoms with Crippen molar-refractivity contribution in [3.05, 3.63) is 35.4 Å². The summed E-state index contributed by atoms with van der Waals surface area (Å²) in [6.45, 7) is 6.94. The van der Waals surface area contributed by atoms with Crippen LogP contribution < -0.4 is 10.6 Å². The summed E-state index contributed by atoms with van der Waals surface area (Å²) in [7, 11) is 0. The fourth-order valence-corrected chi connectivity index (χ4v) is 1.93. The highest BCUT2D eigenvalue weighted by Gasteiger charge is 2.20. The fraction of sp³-hybridized carbons (Fsp3) is 0.562. The largest absolute Gasteiger partial charge is 0.444 e. The molecule has 1 amide bonds. The van der Waals surface area contributed by atoms with Crippen LogP contribution in [0.15, 0.2) is 24.3 Å². The van der Waals surface area contributed by atoms with E-state index >= 15 is 0 Å². The molecule has 0 unspecified atom stereocenters. The summed E-state index contributed by atoms with van der Waals surface area (Å²) in [6, 6.07) is 8.85. The van der Waals surface area contributed by atoms with Crippen molar-refractivity contribution in [2.45, 2.75) is 58.3 Å². The van der Waals surface area contributed by atoms with E-state index in [0.29, 0.717) is 12.6 Å². The highest BCUT2D eigenvalue weighted by molar-refractivity contribution is 5.67. The molecule has 1 fully saturated rings. The van der Waals surface area contributed by atoms with Gasteiger partial charge in [-0.25, -0.2) is 4.79 Å². The van der Waals surface area contributed by atoms with E-state index in [9.17, 15) is 4.79 Å². The maximum Gasteiger partial charge on any atom is 0.407 e. The van der Waals surface area contributed by atoms with E-state index in [1.165, 1.54) is 18.4 Å². The number of ether oxygens (including phenoxy) is 1. The topological polar surface area (TPSA) is 50.4 Å². The average molecular weight is 276 g/mol. The minimum atomic E-state index is -0.461. The molecule has 0 aliphatic heterocycles. The van der Waals surface area contributed by atoms with Crippen LogP contribution in [0.5, 0.6) is 0 Å². The molecular weight excluding hydrogens is 252 g/mol. The van der Waals surface area contributed by atoms with Crippen LogP contribution in [-0.2, 0) is 17.8 Å². The molecule has 4 heteroatoms. The third kappa shape index (κ3) is 5.21. The molecule has 1 aliphatic carbocycles. The second-order valence-corrected chi connectivity index (χ2v) is 6.28. The number of hydrogen-bond acceptors (Lipinski definition) is 3. The van der Waals surface area contributed by atoms with Crippen LogP contribution in [0, 0.1) is 0 Å². The Hall–Kier alpha value is -1.55. The predicted octanol–water partition coefficient (Wildman–Crippen LogP) is 2.96. The smallest absolute Gasteiger partial charge is 0.407 e. The van der Waals surface area contributed by atoms with Crippen LogP contribution in [0.25, 0.3) is 0 Å². The molecule has 0 bridgehead atoms. The Morgan fingerprint density at radius 1 is 1.20 bits per heavy atom. The molecule has 0 heterocycles. The fourth-order valence-electron chi connectivity index (χ4n) is 1.93. The molecule has 0 radical (unpaired) electrons. The molecule has 1 saturated carbocycles. The summed E-state index contributed by atoms with van der Waals surface area (Å²) < 4.78 is 5.24. The van der Waals surface area contributed by atoms with E-state index < -0.39 is 5.60 Å². The van der Waals surface area contributed by atoms with Crippen molar-refractivity contribution >= 4 is 6.09 Å². The van der Waals surface area contributed by atoms with Crippen LogP contribution >= 0.6 is 0 Å². The number of rotatable bonds is 5. The molecule has 1 aromatic carbocycles. The number of benzene rings is 1. The summed E-state index contributed by atoms with van der Waals surface area (Å²) in [6.07, 6.45) is 2.18. The summed E-state index contributed by atoms with van der Waals surface area (Å²) in [4.78, 5) is 11.7. The van der Waals surface area contributed by atoms with E-state index in [2.05, 4.69) is 16.7 Å². The molecule has 0 aromatic heterocycles. The number of hydrogen-bond donors (Lipinski definition) is 2. The van der Waals surface area contributed by atoms with Crippen molar-refractivity contribution < 1.29 is 9.53 Å². The monoisotopic (exact) mass is 276 g/mol. The van der Waals surface area contributed by atoms with Gasteiger partial charge in [-0.2, -0.15) is 0 Å². The summed E-state index contributed by atoms with van der Waals surface area (Å²) in [5, 5.41) is 6.31. The highest BCUT2D eigenvalue weighted by Crippen LogP contribution is 2.20. The van der Waals surface area contributed by atoms with Gasteiger partial charge >= 0.3 is 6.09 Å². The third-order valence-corrected chi connectivity index (χ3v) is 3.10. The molecule has 0 saturated heterocycles. The Kier molecular flexibility index (Phi) is 4.65. The first kappa shape index (κ1) is 14.9. The minimum absolute atomic E-state index is 0.373. The van der Waals surface area contributed by atoms with Crippen molar-refractivity contribution in [2.75, 3.05) is 0 Å². The second-order valence-electron chi connectivity index (χ2n) is 6.28. The number of amides is 1.